The molecule has 0 amide bonds. The maximum atomic E-state index is 13.6. The van der Waals surface area contributed by atoms with E-state index in [1.54, 1.807) is 0 Å². The summed E-state index contributed by atoms with van der Waals surface area (Å²) in [6, 6.07) is 2.17. The lowest BCUT2D eigenvalue weighted by Gasteiger charge is -2.25. The molecule has 2 rings (SSSR count). The van der Waals surface area contributed by atoms with Crippen LogP contribution in [0.5, 0.6) is 5.75 Å². The molecule has 7 heteroatoms. The Morgan fingerprint density at radius 1 is 1.44 bits per heavy atom. The molecule has 2 N–H and O–H groups in total. The molecule has 1 aromatic carbocycles. The van der Waals surface area contributed by atoms with Gasteiger partial charge in [-0.05, 0) is 40.8 Å². The molecule has 0 aromatic heterocycles. The summed E-state index contributed by atoms with van der Waals surface area (Å²) in [5.41, 5.74) is 0. The maximum absolute atomic E-state index is 13.6. The van der Waals surface area contributed by atoms with Crippen LogP contribution >= 0.6 is 15.9 Å². The molecule has 0 bridgehead atoms. The number of sulfonamides is 1. The van der Waals surface area contributed by atoms with E-state index >= 15 is 0 Å². The second kappa shape index (κ2) is 5.14. The molecule has 0 heterocycles. The largest absolute Gasteiger partial charge is 0.492 e. The normalized spacial score (nSPS) is 16.4. The summed E-state index contributed by atoms with van der Waals surface area (Å²) < 4.78 is 41.7. The first-order chi connectivity index (χ1) is 8.38. The highest BCUT2D eigenvalue weighted by Crippen LogP contribution is 2.32. The number of benzene rings is 1. The van der Waals surface area contributed by atoms with Crippen LogP contribution in [0, 0.1) is 11.7 Å². The predicted octanol–water partition coefficient (Wildman–Crippen LogP) is 2.41. The molecule has 0 radical (unpaired) electrons. The molecule has 18 heavy (non-hydrogen) atoms. The van der Waals surface area contributed by atoms with Crippen LogP contribution in [0.15, 0.2) is 21.5 Å². The van der Waals surface area contributed by atoms with Crippen molar-refractivity contribution in [2.24, 2.45) is 11.1 Å². The molecule has 0 saturated heterocycles. The second-order valence-corrected chi connectivity index (χ2v) is 6.75. The molecule has 1 aliphatic carbocycles. The monoisotopic (exact) mass is 337 g/mol. The fraction of sp³-hybridized carbons (Fsp3) is 0.455. The van der Waals surface area contributed by atoms with E-state index < -0.39 is 20.7 Å². The summed E-state index contributed by atoms with van der Waals surface area (Å²) in [5, 5.41) is 4.90. The Balaban J connectivity index is 2.19. The van der Waals surface area contributed by atoms with Gasteiger partial charge in [-0.25, -0.2) is 17.9 Å². The van der Waals surface area contributed by atoms with Gasteiger partial charge in [-0.3, -0.25) is 0 Å². The van der Waals surface area contributed by atoms with Gasteiger partial charge in [-0.1, -0.05) is 6.42 Å². The smallest absolute Gasteiger partial charge is 0.241 e. The van der Waals surface area contributed by atoms with Crippen molar-refractivity contribution < 1.29 is 17.5 Å². The van der Waals surface area contributed by atoms with Crippen LogP contribution in [0.2, 0.25) is 0 Å². The Bertz CT molecular complexity index is 558. The number of hydrogen-bond acceptors (Lipinski definition) is 3. The molecule has 1 aliphatic rings. The quantitative estimate of drug-likeness (QED) is 0.917. The Morgan fingerprint density at radius 2 is 2.11 bits per heavy atom. The molecule has 1 saturated carbocycles. The van der Waals surface area contributed by atoms with E-state index in [-0.39, 0.29) is 0 Å². The molecule has 1 fully saturated rings. The van der Waals surface area contributed by atoms with Crippen LogP contribution in [0.4, 0.5) is 4.39 Å². The molecule has 0 atom stereocenters. The zero-order valence-corrected chi connectivity index (χ0v) is 11.9. The Morgan fingerprint density at radius 3 is 2.61 bits per heavy atom. The van der Waals surface area contributed by atoms with Crippen molar-refractivity contribution in [2.75, 3.05) is 6.61 Å². The first kappa shape index (κ1) is 13.8. The van der Waals surface area contributed by atoms with Gasteiger partial charge in [-0.15, -0.1) is 0 Å². The van der Waals surface area contributed by atoms with E-state index in [1.165, 1.54) is 6.42 Å². The summed E-state index contributed by atoms with van der Waals surface area (Å²) in [5.74, 6) is -0.0889. The van der Waals surface area contributed by atoms with Crippen molar-refractivity contribution in [2.45, 2.75) is 24.2 Å². The first-order valence-electron chi connectivity index (χ1n) is 5.52. The van der Waals surface area contributed by atoms with Gasteiger partial charge < -0.3 is 4.74 Å². The highest BCUT2D eigenvalue weighted by molar-refractivity contribution is 9.10. The zero-order chi connectivity index (χ0) is 13.3. The highest BCUT2D eigenvalue weighted by atomic mass is 79.9. The third-order valence-electron chi connectivity index (χ3n) is 2.99. The lowest BCUT2D eigenvalue weighted by molar-refractivity contribution is 0.179. The number of nitrogens with two attached hydrogens (primary N) is 1. The number of ether oxygens (including phenoxy) is 1. The van der Waals surface area contributed by atoms with Crippen molar-refractivity contribution in [3.05, 3.63) is 22.4 Å². The number of primary sulfonamides is 1. The minimum atomic E-state index is -4.06. The van der Waals surface area contributed by atoms with Gasteiger partial charge in [0.1, 0.15) is 16.5 Å². The van der Waals surface area contributed by atoms with Crippen LogP contribution in [-0.2, 0) is 10.0 Å². The molecule has 4 nitrogen and oxygen atoms in total. The van der Waals surface area contributed by atoms with Crippen molar-refractivity contribution in [1.82, 2.24) is 0 Å². The van der Waals surface area contributed by atoms with Crippen molar-refractivity contribution in [3.63, 3.8) is 0 Å². The molecule has 0 aliphatic heterocycles. The lowest BCUT2D eigenvalue weighted by atomic mass is 9.86. The topological polar surface area (TPSA) is 69.4 Å². The summed E-state index contributed by atoms with van der Waals surface area (Å²) in [6.07, 6.45) is 3.44. The third-order valence-corrected chi connectivity index (χ3v) is 4.54. The van der Waals surface area contributed by atoms with E-state index in [9.17, 15) is 12.8 Å². The summed E-state index contributed by atoms with van der Waals surface area (Å²) >= 11 is 3.15. The summed E-state index contributed by atoms with van der Waals surface area (Å²) in [6.45, 7) is 0.521. The van der Waals surface area contributed by atoms with Crippen LogP contribution in [0.3, 0.4) is 0 Å². The number of hydrogen-bond donors (Lipinski definition) is 1. The van der Waals surface area contributed by atoms with E-state index in [4.69, 9.17) is 9.88 Å². The molecular weight excluding hydrogens is 325 g/mol. The van der Waals surface area contributed by atoms with E-state index in [0.29, 0.717) is 22.7 Å². The first-order valence-corrected chi connectivity index (χ1v) is 7.86. The minimum Gasteiger partial charge on any atom is -0.492 e. The van der Waals surface area contributed by atoms with Gasteiger partial charge in [0.2, 0.25) is 10.0 Å². The Hall–Kier alpha value is -0.660. The van der Waals surface area contributed by atoms with Gasteiger partial charge in [0.25, 0.3) is 0 Å². The lowest BCUT2D eigenvalue weighted by Crippen LogP contribution is -2.19. The van der Waals surface area contributed by atoms with E-state index in [0.717, 1.165) is 25.0 Å². The molecule has 0 unspecified atom stereocenters. The standard InChI is InChI=1S/C11H13BrFNO3S/c12-8-4-11(18(14,15)16)9(13)5-10(8)17-6-7-2-1-3-7/h4-5,7H,1-3,6H2,(H2,14,15,16). The van der Waals surface area contributed by atoms with Crippen molar-refractivity contribution >= 4 is 26.0 Å². The number of rotatable bonds is 4. The molecule has 100 valence electrons. The van der Waals surface area contributed by atoms with Crippen LogP contribution in [0.25, 0.3) is 0 Å². The zero-order valence-electron chi connectivity index (χ0n) is 9.53. The Labute approximate surface area is 113 Å². The molecule has 0 spiro atoms. The summed E-state index contributed by atoms with van der Waals surface area (Å²) in [7, 11) is -4.06. The average molecular weight is 338 g/mol. The van der Waals surface area contributed by atoms with Gasteiger partial charge in [-0.2, -0.15) is 0 Å². The maximum Gasteiger partial charge on any atom is 0.241 e. The third kappa shape index (κ3) is 3.02. The highest BCUT2D eigenvalue weighted by Gasteiger charge is 2.21. The van der Waals surface area contributed by atoms with Crippen LogP contribution < -0.4 is 9.88 Å². The van der Waals surface area contributed by atoms with Crippen molar-refractivity contribution in [3.8, 4) is 5.75 Å². The van der Waals surface area contributed by atoms with Crippen LogP contribution in [-0.4, -0.2) is 15.0 Å². The fourth-order valence-electron chi connectivity index (χ4n) is 1.71. The van der Waals surface area contributed by atoms with Gasteiger partial charge in [0, 0.05) is 6.07 Å². The SMILES string of the molecule is NS(=O)(=O)c1cc(Br)c(OCC2CCC2)cc1F. The minimum absolute atomic E-state index is 0.298. The summed E-state index contributed by atoms with van der Waals surface area (Å²) in [4.78, 5) is -0.537. The Kier molecular flexibility index (Phi) is 3.93. The van der Waals surface area contributed by atoms with Gasteiger partial charge in [0.15, 0.2) is 0 Å². The van der Waals surface area contributed by atoms with Gasteiger partial charge >= 0.3 is 0 Å². The molecular formula is C11H13BrFNO3S. The molecule has 1 aromatic rings. The van der Waals surface area contributed by atoms with Gasteiger partial charge in [0.05, 0.1) is 11.1 Å². The van der Waals surface area contributed by atoms with Crippen molar-refractivity contribution in [1.29, 1.82) is 0 Å². The number of halogens is 2. The average Bonchev–Trinajstić information content (AvgIpc) is 2.18. The predicted molar refractivity (Wildman–Crippen MR) is 68.3 cm³/mol. The fourth-order valence-corrected chi connectivity index (χ4v) is 2.93. The second-order valence-electron chi connectivity index (χ2n) is 4.37. The van der Waals surface area contributed by atoms with Crippen LogP contribution in [0.1, 0.15) is 19.3 Å². The van der Waals surface area contributed by atoms with E-state index in [2.05, 4.69) is 15.9 Å². The van der Waals surface area contributed by atoms with E-state index in [1.807, 2.05) is 0 Å².